The molecule has 0 aliphatic heterocycles. The van der Waals surface area contributed by atoms with Crippen LogP contribution in [0.2, 0.25) is 4.34 Å². The molecule has 0 fully saturated rings. The fourth-order valence-corrected chi connectivity index (χ4v) is 3.00. The minimum absolute atomic E-state index is 0.214. The molecule has 0 bridgehead atoms. The van der Waals surface area contributed by atoms with Crippen LogP contribution in [0.3, 0.4) is 0 Å². The molecule has 94 valence electrons. The van der Waals surface area contributed by atoms with E-state index in [0.29, 0.717) is 16.7 Å². The zero-order chi connectivity index (χ0) is 12.8. The van der Waals surface area contributed by atoms with Crippen molar-refractivity contribution in [3.05, 3.63) is 51.7 Å². The lowest BCUT2D eigenvalue weighted by Crippen LogP contribution is -2.06. The summed E-state index contributed by atoms with van der Waals surface area (Å²) in [5, 5.41) is 0. The van der Waals surface area contributed by atoms with Gasteiger partial charge in [-0.05, 0) is 24.3 Å². The highest BCUT2D eigenvalue weighted by Crippen LogP contribution is 2.22. The van der Waals surface area contributed by atoms with Crippen LogP contribution in [0.15, 0.2) is 47.4 Å². The van der Waals surface area contributed by atoms with Crippen molar-refractivity contribution >= 4 is 40.7 Å². The second-order valence-electron chi connectivity index (χ2n) is 3.47. The summed E-state index contributed by atoms with van der Waals surface area (Å²) in [5.41, 5.74) is 0. The Labute approximate surface area is 119 Å². The number of hydrogen-bond acceptors (Lipinski definition) is 4. The number of hydrogen-bond donors (Lipinski definition) is 0. The Morgan fingerprint density at radius 1 is 1.22 bits per heavy atom. The van der Waals surface area contributed by atoms with Crippen molar-refractivity contribution in [3.63, 3.8) is 0 Å². The zero-order valence-electron chi connectivity index (χ0n) is 9.47. The summed E-state index contributed by atoms with van der Waals surface area (Å²) >= 11 is 8.69. The van der Waals surface area contributed by atoms with Crippen molar-refractivity contribution in [3.8, 4) is 0 Å². The number of esters is 1. The topological polar surface area (TPSA) is 26.3 Å². The van der Waals surface area contributed by atoms with Crippen LogP contribution in [-0.2, 0) is 16.1 Å². The highest BCUT2D eigenvalue weighted by Gasteiger charge is 2.05. The van der Waals surface area contributed by atoms with Gasteiger partial charge >= 0.3 is 5.97 Å². The minimum atomic E-state index is -0.214. The van der Waals surface area contributed by atoms with Gasteiger partial charge in [0, 0.05) is 9.77 Å². The summed E-state index contributed by atoms with van der Waals surface area (Å²) in [6, 6.07) is 13.4. The first-order chi connectivity index (χ1) is 8.74. The molecule has 5 heteroatoms. The maximum atomic E-state index is 11.5. The van der Waals surface area contributed by atoms with Crippen LogP contribution in [0.1, 0.15) is 4.88 Å². The van der Waals surface area contributed by atoms with E-state index < -0.39 is 0 Å². The lowest BCUT2D eigenvalue weighted by Gasteiger charge is -2.03. The van der Waals surface area contributed by atoms with Crippen molar-refractivity contribution in [2.45, 2.75) is 11.5 Å². The molecule has 1 heterocycles. The van der Waals surface area contributed by atoms with Crippen LogP contribution in [-0.4, -0.2) is 11.7 Å². The van der Waals surface area contributed by atoms with E-state index in [-0.39, 0.29) is 5.97 Å². The number of ether oxygens (including phenoxy) is 1. The van der Waals surface area contributed by atoms with Gasteiger partial charge < -0.3 is 4.74 Å². The van der Waals surface area contributed by atoms with Crippen molar-refractivity contribution in [2.75, 3.05) is 5.75 Å². The van der Waals surface area contributed by atoms with Gasteiger partial charge in [0.15, 0.2) is 0 Å². The summed E-state index contributed by atoms with van der Waals surface area (Å²) in [5.74, 6) is 0.108. The van der Waals surface area contributed by atoms with E-state index in [9.17, 15) is 4.79 Å². The smallest absolute Gasteiger partial charge is 0.316 e. The van der Waals surface area contributed by atoms with Crippen molar-refractivity contribution in [1.82, 2.24) is 0 Å². The Balaban J connectivity index is 1.73. The largest absolute Gasteiger partial charge is 0.459 e. The highest BCUT2D eigenvalue weighted by atomic mass is 35.5. The Bertz CT molecular complexity index is 511. The predicted molar refractivity (Wildman–Crippen MR) is 76.3 cm³/mol. The molecule has 2 aromatic rings. The van der Waals surface area contributed by atoms with Crippen molar-refractivity contribution in [1.29, 1.82) is 0 Å². The number of thioether (sulfide) groups is 1. The van der Waals surface area contributed by atoms with Crippen molar-refractivity contribution < 1.29 is 9.53 Å². The number of carbonyl (C=O) groups is 1. The molecule has 0 aliphatic rings. The Kier molecular flexibility index (Phi) is 5.11. The van der Waals surface area contributed by atoms with Crippen LogP contribution in [0.25, 0.3) is 0 Å². The average molecular weight is 299 g/mol. The quantitative estimate of drug-likeness (QED) is 0.610. The lowest BCUT2D eigenvalue weighted by atomic mass is 10.4. The zero-order valence-corrected chi connectivity index (χ0v) is 11.9. The average Bonchev–Trinajstić information content (AvgIpc) is 2.81. The van der Waals surface area contributed by atoms with Gasteiger partial charge in [-0.3, -0.25) is 4.79 Å². The summed E-state index contributed by atoms with van der Waals surface area (Å²) in [6.45, 7) is 0.297. The van der Waals surface area contributed by atoms with E-state index in [0.717, 1.165) is 9.77 Å². The Morgan fingerprint density at radius 2 is 2.00 bits per heavy atom. The first-order valence-electron chi connectivity index (χ1n) is 5.32. The van der Waals surface area contributed by atoms with E-state index in [2.05, 4.69) is 0 Å². The van der Waals surface area contributed by atoms with Gasteiger partial charge in [-0.1, -0.05) is 29.8 Å². The van der Waals surface area contributed by atoms with Crippen molar-refractivity contribution in [2.24, 2.45) is 0 Å². The maximum absolute atomic E-state index is 11.5. The summed E-state index contributed by atoms with van der Waals surface area (Å²) in [6.07, 6.45) is 0. The van der Waals surface area contributed by atoms with Crippen LogP contribution in [0, 0.1) is 0 Å². The molecule has 2 rings (SSSR count). The number of benzene rings is 1. The number of thiophene rings is 1. The highest BCUT2D eigenvalue weighted by molar-refractivity contribution is 8.00. The summed E-state index contributed by atoms with van der Waals surface area (Å²) < 4.78 is 5.86. The fourth-order valence-electron chi connectivity index (χ4n) is 1.28. The fraction of sp³-hybridized carbons (Fsp3) is 0.154. The monoisotopic (exact) mass is 298 g/mol. The van der Waals surface area contributed by atoms with Crippen LogP contribution >= 0.6 is 34.7 Å². The molecular formula is C13H11ClO2S2. The van der Waals surface area contributed by atoms with Crippen LogP contribution < -0.4 is 0 Å². The predicted octanol–water partition coefficient (Wildman–Crippen LogP) is 4.24. The molecule has 0 amide bonds. The van der Waals surface area contributed by atoms with Gasteiger partial charge in [0.1, 0.15) is 6.61 Å². The van der Waals surface area contributed by atoms with E-state index in [1.807, 2.05) is 36.4 Å². The summed E-state index contributed by atoms with van der Waals surface area (Å²) in [7, 11) is 0. The Hall–Kier alpha value is -0.970. The first kappa shape index (κ1) is 13.5. The van der Waals surface area contributed by atoms with Crippen LogP contribution in [0.4, 0.5) is 0 Å². The molecule has 0 atom stereocenters. The van der Waals surface area contributed by atoms with E-state index in [1.54, 1.807) is 6.07 Å². The minimum Gasteiger partial charge on any atom is -0.459 e. The van der Waals surface area contributed by atoms with Gasteiger partial charge in [0.05, 0.1) is 10.1 Å². The number of carbonyl (C=O) groups excluding carboxylic acids is 1. The van der Waals surface area contributed by atoms with Gasteiger partial charge in [0.25, 0.3) is 0 Å². The SMILES string of the molecule is O=C(CSc1ccccc1)OCc1ccc(Cl)s1. The first-order valence-corrected chi connectivity index (χ1v) is 7.50. The van der Waals surface area contributed by atoms with E-state index >= 15 is 0 Å². The lowest BCUT2D eigenvalue weighted by molar-refractivity contribution is -0.141. The molecule has 0 saturated heterocycles. The number of halogens is 1. The molecule has 0 unspecified atom stereocenters. The normalized spacial score (nSPS) is 10.3. The maximum Gasteiger partial charge on any atom is 0.316 e. The molecule has 0 spiro atoms. The molecule has 1 aromatic heterocycles. The molecule has 1 aromatic carbocycles. The van der Waals surface area contributed by atoms with E-state index in [1.165, 1.54) is 23.1 Å². The summed E-state index contributed by atoms with van der Waals surface area (Å²) in [4.78, 5) is 13.5. The Morgan fingerprint density at radius 3 is 2.67 bits per heavy atom. The van der Waals surface area contributed by atoms with Gasteiger partial charge in [-0.15, -0.1) is 23.1 Å². The van der Waals surface area contributed by atoms with E-state index in [4.69, 9.17) is 16.3 Å². The van der Waals surface area contributed by atoms with Gasteiger partial charge in [-0.25, -0.2) is 0 Å². The molecule has 0 N–H and O–H groups in total. The molecule has 18 heavy (non-hydrogen) atoms. The second kappa shape index (κ2) is 6.83. The molecule has 0 saturated carbocycles. The van der Waals surface area contributed by atoms with Gasteiger partial charge in [0.2, 0.25) is 0 Å². The second-order valence-corrected chi connectivity index (χ2v) is 6.32. The standard InChI is InChI=1S/C13H11ClO2S2/c14-12-7-6-11(18-12)8-16-13(15)9-17-10-4-2-1-3-5-10/h1-7H,8-9H2. The molecule has 0 aliphatic carbocycles. The molecule has 2 nitrogen and oxygen atoms in total. The third kappa shape index (κ3) is 4.37. The van der Waals surface area contributed by atoms with Crippen LogP contribution in [0.5, 0.6) is 0 Å². The molecule has 0 radical (unpaired) electrons. The third-order valence-corrected chi connectivity index (χ3v) is 4.29. The molecular weight excluding hydrogens is 288 g/mol. The van der Waals surface area contributed by atoms with Gasteiger partial charge in [-0.2, -0.15) is 0 Å². The third-order valence-electron chi connectivity index (χ3n) is 2.10. The number of rotatable bonds is 5.